The molecule has 0 unspecified atom stereocenters. The summed E-state index contributed by atoms with van der Waals surface area (Å²) in [5.74, 6) is 0.992. The van der Waals surface area contributed by atoms with Crippen molar-refractivity contribution in [2.75, 3.05) is 39.8 Å². The Morgan fingerprint density at radius 1 is 1.24 bits per heavy atom. The maximum Gasteiger partial charge on any atom is 0.228 e. The number of rotatable bonds is 3. The van der Waals surface area contributed by atoms with Crippen LogP contribution >= 0.6 is 0 Å². The number of hydrogen-bond acceptors (Lipinski definition) is 4. The molecule has 1 aromatic carbocycles. The van der Waals surface area contributed by atoms with Crippen LogP contribution in [-0.2, 0) is 16.1 Å². The zero-order chi connectivity index (χ0) is 17.4. The third kappa shape index (κ3) is 3.24. The second kappa shape index (κ2) is 6.48. The maximum absolute atomic E-state index is 12.6. The van der Waals surface area contributed by atoms with Gasteiger partial charge in [0.1, 0.15) is 5.82 Å². The van der Waals surface area contributed by atoms with Gasteiger partial charge in [-0.25, -0.2) is 4.98 Å². The molecule has 2 aliphatic heterocycles. The number of likely N-dealkylation sites (tertiary alicyclic amines) is 1. The Balaban J connectivity index is 1.32. The number of aromatic nitrogens is 2. The molecule has 3 heterocycles. The lowest BCUT2D eigenvalue weighted by molar-refractivity contribution is -0.137. The second-order valence-corrected chi connectivity index (χ2v) is 6.98. The molecule has 4 rings (SSSR count). The summed E-state index contributed by atoms with van der Waals surface area (Å²) in [5.41, 5.74) is 2.04. The largest absolute Gasteiger partial charge is 0.345 e. The summed E-state index contributed by atoms with van der Waals surface area (Å²) in [6.07, 6.45) is 0.356. The Hall–Kier alpha value is -2.41. The summed E-state index contributed by atoms with van der Waals surface area (Å²) >= 11 is 0. The van der Waals surface area contributed by atoms with E-state index >= 15 is 0 Å². The summed E-state index contributed by atoms with van der Waals surface area (Å²) < 4.78 is 0. The van der Waals surface area contributed by atoms with E-state index in [0.29, 0.717) is 26.1 Å². The van der Waals surface area contributed by atoms with Crippen molar-refractivity contribution in [1.29, 1.82) is 0 Å². The van der Waals surface area contributed by atoms with Crippen LogP contribution in [0.3, 0.4) is 0 Å². The number of H-pyrrole nitrogens is 1. The SMILES string of the molecule is CN1C[C@H](C(=O)N2CCN(Cc3nc4ccccc4[nH]3)CC2)CC1=O. The summed E-state index contributed by atoms with van der Waals surface area (Å²) in [4.78, 5) is 38.1. The standard InChI is InChI=1S/C18H23N5O2/c1-21-11-13(10-17(21)24)18(25)23-8-6-22(7-9-23)12-16-19-14-4-2-3-5-15(14)20-16/h2-5,13H,6-12H2,1H3,(H,19,20)/t13-/m1/s1. The lowest BCUT2D eigenvalue weighted by Gasteiger charge is -2.35. The van der Waals surface area contributed by atoms with Crippen LogP contribution in [0.15, 0.2) is 24.3 Å². The number of aromatic amines is 1. The van der Waals surface area contributed by atoms with E-state index in [1.165, 1.54) is 0 Å². The number of carbonyl (C=O) groups is 2. The van der Waals surface area contributed by atoms with E-state index in [1.807, 2.05) is 29.2 Å². The van der Waals surface area contributed by atoms with Gasteiger partial charge in [0.05, 0.1) is 23.5 Å². The van der Waals surface area contributed by atoms with E-state index in [0.717, 1.165) is 36.5 Å². The number of para-hydroxylation sites is 2. The van der Waals surface area contributed by atoms with Crippen molar-refractivity contribution >= 4 is 22.8 Å². The van der Waals surface area contributed by atoms with E-state index in [9.17, 15) is 9.59 Å². The van der Waals surface area contributed by atoms with Gasteiger partial charge >= 0.3 is 0 Å². The Morgan fingerprint density at radius 3 is 2.68 bits per heavy atom. The van der Waals surface area contributed by atoms with Crippen LogP contribution in [-0.4, -0.2) is 76.3 Å². The fraction of sp³-hybridized carbons (Fsp3) is 0.500. The van der Waals surface area contributed by atoms with Crippen LogP contribution in [0.5, 0.6) is 0 Å². The molecular weight excluding hydrogens is 318 g/mol. The van der Waals surface area contributed by atoms with E-state index < -0.39 is 0 Å². The summed E-state index contributed by atoms with van der Waals surface area (Å²) in [6, 6.07) is 8.02. The van der Waals surface area contributed by atoms with Crippen LogP contribution in [0.25, 0.3) is 11.0 Å². The first kappa shape index (κ1) is 16.1. The molecule has 132 valence electrons. The van der Waals surface area contributed by atoms with E-state index in [1.54, 1.807) is 11.9 Å². The van der Waals surface area contributed by atoms with Crippen molar-refractivity contribution in [2.24, 2.45) is 5.92 Å². The van der Waals surface area contributed by atoms with Gasteiger partial charge in [-0.2, -0.15) is 0 Å². The van der Waals surface area contributed by atoms with E-state index in [2.05, 4.69) is 14.9 Å². The number of fused-ring (bicyclic) bond motifs is 1. The first-order chi connectivity index (χ1) is 12.1. The summed E-state index contributed by atoms with van der Waals surface area (Å²) in [6.45, 7) is 4.41. The minimum atomic E-state index is -0.167. The van der Waals surface area contributed by atoms with Crippen molar-refractivity contribution in [3.63, 3.8) is 0 Å². The van der Waals surface area contributed by atoms with Gasteiger partial charge in [0.2, 0.25) is 11.8 Å². The van der Waals surface area contributed by atoms with Crippen molar-refractivity contribution in [2.45, 2.75) is 13.0 Å². The monoisotopic (exact) mass is 341 g/mol. The van der Waals surface area contributed by atoms with Crippen molar-refractivity contribution in [1.82, 2.24) is 24.7 Å². The molecule has 2 fully saturated rings. The van der Waals surface area contributed by atoms with Gasteiger partial charge in [-0.15, -0.1) is 0 Å². The summed E-state index contributed by atoms with van der Waals surface area (Å²) in [5, 5.41) is 0. The minimum Gasteiger partial charge on any atom is -0.345 e. The van der Waals surface area contributed by atoms with Crippen LogP contribution in [0, 0.1) is 5.92 Å². The quantitative estimate of drug-likeness (QED) is 0.891. The molecule has 1 atom stereocenters. The smallest absolute Gasteiger partial charge is 0.228 e. The number of nitrogens with one attached hydrogen (secondary N) is 1. The number of amides is 2. The number of benzene rings is 1. The molecule has 2 aliphatic rings. The Kier molecular flexibility index (Phi) is 4.17. The van der Waals surface area contributed by atoms with Gasteiger partial charge in [0, 0.05) is 46.2 Å². The van der Waals surface area contributed by atoms with Crippen LogP contribution in [0.1, 0.15) is 12.2 Å². The zero-order valence-corrected chi connectivity index (χ0v) is 14.4. The molecular formula is C18H23N5O2. The molecule has 0 radical (unpaired) electrons. The van der Waals surface area contributed by atoms with E-state index in [4.69, 9.17) is 0 Å². The Morgan fingerprint density at radius 2 is 2.00 bits per heavy atom. The molecule has 2 aromatic rings. The fourth-order valence-corrected chi connectivity index (χ4v) is 3.71. The van der Waals surface area contributed by atoms with Crippen LogP contribution in [0.2, 0.25) is 0 Å². The van der Waals surface area contributed by atoms with Gasteiger partial charge in [-0.1, -0.05) is 12.1 Å². The number of hydrogen-bond donors (Lipinski definition) is 1. The molecule has 7 nitrogen and oxygen atoms in total. The molecule has 0 spiro atoms. The minimum absolute atomic E-state index is 0.0712. The second-order valence-electron chi connectivity index (χ2n) is 6.98. The molecule has 2 amide bonds. The predicted octanol–water partition coefficient (Wildman–Crippen LogP) is 0.685. The third-order valence-corrected chi connectivity index (χ3v) is 5.19. The average Bonchev–Trinajstić information content (AvgIpc) is 3.17. The van der Waals surface area contributed by atoms with E-state index in [-0.39, 0.29) is 17.7 Å². The van der Waals surface area contributed by atoms with Crippen LogP contribution in [0.4, 0.5) is 0 Å². The molecule has 0 aliphatic carbocycles. The number of piperazine rings is 1. The number of imidazole rings is 1. The van der Waals surface area contributed by atoms with Gasteiger partial charge < -0.3 is 14.8 Å². The first-order valence-electron chi connectivity index (χ1n) is 8.79. The van der Waals surface area contributed by atoms with Gasteiger partial charge in [-0.3, -0.25) is 14.5 Å². The number of carbonyl (C=O) groups excluding carboxylic acids is 2. The predicted molar refractivity (Wildman–Crippen MR) is 93.7 cm³/mol. The summed E-state index contributed by atoms with van der Waals surface area (Å²) in [7, 11) is 1.76. The first-order valence-corrected chi connectivity index (χ1v) is 8.79. The molecule has 1 N–H and O–H groups in total. The molecule has 0 saturated carbocycles. The van der Waals surface area contributed by atoms with Gasteiger partial charge in [0.15, 0.2) is 0 Å². The third-order valence-electron chi connectivity index (χ3n) is 5.19. The zero-order valence-electron chi connectivity index (χ0n) is 14.4. The number of nitrogens with zero attached hydrogens (tertiary/aromatic N) is 4. The Labute approximate surface area is 146 Å². The lowest BCUT2D eigenvalue weighted by Crippen LogP contribution is -2.50. The lowest BCUT2D eigenvalue weighted by atomic mass is 10.1. The molecule has 2 saturated heterocycles. The fourth-order valence-electron chi connectivity index (χ4n) is 3.71. The molecule has 7 heteroatoms. The molecule has 25 heavy (non-hydrogen) atoms. The van der Waals surface area contributed by atoms with Crippen molar-refractivity contribution in [3.05, 3.63) is 30.1 Å². The highest BCUT2D eigenvalue weighted by Crippen LogP contribution is 2.20. The highest BCUT2D eigenvalue weighted by atomic mass is 16.2. The normalized spacial score (nSPS) is 22.1. The van der Waals surface area contributed by atoms with Crippen molar-refractivity contribution in [3.8, 4) is 0 Å². The maximum atomic E-state index is 12.6. The average molecular weight is 341 g/mol. The molecule has 0 bridgehead atoms. The Bertz CT molecular complexity index is 761. The van der Waals surface area contributed by atoms with Gasteiger partial charge in [-0.05, 0) is 12.1 Å². The highest BCUT2D eigenvalue weighted by molar-refractivity contribution is 5.89. The molecule has 1 aromatic heterocycles. The van der Waals surface area contributed by atoms with Gasteiger partial charge in [0.25, 0.3) is 0 Å². The highest BCUT2D eigenvalue weighted by Gasteiger charge is 2.35. The van der Waals surface area contributed by atoms with Crippen molar-refractivity contribution < 1.29 is 9.59 Å². The topological polar surface area (TPSA) is 72.5 Å². The van der Waals surface area contributed by atoms with Crippen LogP contribution < -0.4 is 0 Å².